The van der Waals surface area contributed by atoms with E-state index in [1.807, 2.05) is 12.4 Å². The van der Waals surface area contributed by atoms with Crippen LogP contribution in [0.3, 0.4) is 0 Å². The summed E-state index contributed by atoms with van der Waals surface area (Å²) < 4.78 is 0. The van der Waals surface area contributed by atoms with Gasteiger partial charge < -0.3 is 10.2 Å². The van der Waals surface area contributed by atoms with Crippen LogP contribution in [0.15, 0.2) is 24.8 Å². The van der Waals surface area contributed by atoms with E-state index in [2.05, 4.69) is 23.7 Å². The van der Waals surface area contributed by atoms with Crippen molar-refractivity contribution in [2.45, 2.75) is 32.6 Å². The second kappa shape index (κ2) is 4.86. The van der Waals surface area contributed by atoms with Gasteiger partial charge in [0, 0.05) is 18.9 Å². The predicted octanol–water partition coefficient (Wildman–Crippen LogP) is 2.41. The minimum atomic E-state index is 1.01. The second-order valence-electron chi connectivity index (χ2n) is 3.16. The monoisotopic (exact) mass is 166 g/mol. The molecule has 2 nitrogen and oxygen atoms in total. The number of hydrogen-bond acceptors (Lipinski definition) is 2. The summed E-state index contributed by atoms with van der Waals surface area (Å²) in [6.07, 6.45) is 9.22. The van der Waals surface area contributed by atoms with Crippen LogP contribution in [-0.2, 0) is 0 Å². The Morgan fingerprint density at radius 3 is 2.83 bits per heavy atom. The van der Waals surface area contributed by atoms with Crippen LogP contribution in [0, 0.1) is 0 Å². The third-order valence-electron chi connectivity index (χ3n) is 2.10. The molecule has 0 atom stereocenters. The van der Waals surface area contributed by atoms with Crippen molar-refractivity contribution in [1.29, 1.82) is 0 Å². The van der Waals surface area contributed by atoms with Gasteiger partial charge in [-0.15, -0.1) is 0 Å². The molecule has 12 heavy (non-hydrogen) atoms. The van der Waals surface area contributed by atoms with Crippen molar-refractivity contribution in [1.82, 2.24) is 10.2 Å². The zero-order chi connectivity index (χ0) is 8.81. The molecular weight excluding hydrogens is 148 g/mol. The third-order valence-corrected chi connectivity index (χ3v) is 2.10. The summed E-state index contributed by atoms with van der Waals surface area (Å²) in [5.41, 5.74) is 0. The molecule has 0 radical (unpaired) electrons. The average molecular weight is 166 g/mol. The van der Waals surface area contributed by atoms with Crippen molar-refractivity contribution in [3.05, 3.63) is 24.8 Å². The molecule has 0 fully saturated rings. The maximum atomic E-state index is 3.89. The molecule has 1 rings (SSSR count). The molecule has 1 aliphatic heterocycles. The summed E-state index contributed by atoms with van der Waals surface area (Å²) in [4.78, 5) is 2.16. The molecule has 1 N–H and O–H groups in total. The van der Waals surface area contributed by atoms with Crippen LogP contribution >= 0.6 is 0 Å². The molecule has 0 bridgehead atoms. The third kappa shape index (κ3) is 2.61. The minimum Gasteiger partial charge on any atom is -0.347 e. The number of rotatable bonds is 5. The van der Waals surface area contributed by atoms with Gasteiger partial charge in [0.15, 0.2) is 0 Å². The van der Waals surface area contributed by atoms with Crippen LogP contribution in [-0.4, -0.2) is 11.4 Å². The van der Waals surface area contributed by atoms with Crippen LogP contribution in [0.5, 0.6) is 0 Å². The van der Waals surface area contributed by atoms with Crippen LogP contribution in [0.2, 0.25) is 0 Å². The standard InChI is InChI=1S/C10H18N2/c1-3-4-5-6-8-12-9-7-11-10(12)2/h7,9,11H,2-6,8H2,1H3. The molecule has 0 unspecified atom stereocenters. The van der Waals surface area contributed by atoms with Gasteiger partial charge in [0.05, 0.1) is 0 Å². The van der Waals surface area contributed by atoms with Crippen LogP contribution in [0.4, 0.5) is 0 Å². The predicted molar refractivity (Wildman–Crippen MR) is 52.3 cm³/mol. The maximum Gasteiger partial charge on any atom is 0.102 e. The van der Waals surface area contributed by atoms with Gasteiger partial charge in [0.1, 0.15) is 5.82 Å². The Hall–Kier alpha value is -0.920. The van der Waals surface area contributed by atoms with Crippen LogP contribution < -0.4 is 5.32 Å². The van der Waals surface area contributed by atoms with E-state index in [1.165, 1.54) is 25.7 Å². The van der Waals surface area contributed by atoms with Gasteiger partial charge in [0.25, 0.3) is 0 Å². The van der Waals surface area contributed by atoms with E-state index < -0.39 is 0 Å². The Balaban J connectivity index is 2.06. The first-order chi connectivity index (χ1) is 5.84. The van der Waals surface area contributed by atoms with Gasteiger partial charge >= 0.3 is 0 Å². The number of nitrogens with one attached hydrogen (secondary N) is 1. The quantitative estimate of drug-likeness (QED) is 0.631. The summed E-state index contributed by atoms with van der Waals surface area (Å²) in [5.74, 6) is 1.01. The van der Waals surface area contributed by atoms with Gasteiger partial charge in [0.2, 0.25) is 0 Å². The van der Waals surface area contributed by atoms with Crippen molar-refractivity contribution < 1.29 is 0 Å². The lowest BCUT2D eigenvalue weighted by atomic mass is 10.2. The lowest BCUT2D eigenvalue weighted by Crippen LogP contribution is -2.18. The Labute approximate surface area is 74.9 Å². The van der Waals surface area contributed by atoms with E-state index in [9.17, 15) is 0 Å². The van der Waals surface area contributed by atoms with E-state index in [-0.39, 0.29) is 0 Å². The van der Waals surface area contributed by atoms with Crippen molar-refractivity contribution in [3.8, 4) is 0 Å². The summed E-state index contributed by atoms with van der Waals surface area (Å²) in [6.45, 7) is 7.22. The molecule has 0 saturated carbocycles. The summed E-state index contributed by atoms with van der Waals surface area (Å²) in [7, 11) is 0. The molecule has 0 aromatic rings. The maximum absolute atomic E-state index is 3.89. The highest BCUT2D eigenvalue weighted by atomic mass is 15.3. The normalized spacial score (nSPS) is 15.4. The number of hydrogen-bond donors (Lipinski definition) is 1. The Morgan fingerprint density at radius 2 is 2.25 bits per heavy atom. The first-order valence-corrected chi connectivity index (χ1v) is 4.73. The Kier molecular flexibility index (Phi) is 3.71. The van der Waals surface area contributed by atoms with Crippen LogP contribution in [0.25, 0.3) is 0 Å². The van der Waals surface area contributed by atoms with Crippen molar-refractivity contribution in [2.75, 3.05) is 6.54 Å². The van der Waals surface area contributed by atoms with Gasteiger partial charge in [-0.05, 0) is 6.42 Å². The topological polar surface area (TPSA) is 15.3 Å². The molecule has 0 saturated heterocycles. The molecular formula is C10H18N2. The van der Waals surface area contributed by atoms with Crippen molar-refractivity contribution >= 4 is 0 Å². The molecule has 0 aromatic carbocycles. The van der Waals surface area contributed by atoms with Gasteiger partial charge in [-0.25, -0.2) is 0 Å². The van der Waals surface area contributed by atoms with Crippen molar-refractivity contribution in [2.24, 2.45) is 0 Å². The zero-order valence-corrected chi connectivity index (χ0v) is 7.84. The van der Waals surface area contributed by atoms with E-state index in [0.29, 0.717) is 0 Å². The molecule has 1 aliphatic rings. The zero-order valence-electron chi connectivity index (χ0n) is 7.84. The molecule has 2 heteroatoms. The lowest BCUT2D eigenvalue weighted by Gasteiger charge is -2.15. The fourth-order valence-electron chi connectivity index (χ4n) is 1.31. The minimum absolute atomic E-state index is 1.01. The van der Waals surface area contributed by atoms with E-state index >= 15 is 0 Å². The van der Waals surface area contributed by atoms with E-state index in [0.717, 1.165) is 12.4 Å². The fourth-order valence-corrected chi connectivity index (χ4v) is 1.31. The van der Waals surface area contributed by atoms with Gasteiger partial charge in [-0.1, -0.05) is 32.8 Å². The highest BCUT2D eigenvalue weighted by Crippen LogP contribution is 2.08. The first-order valence-electron chi connectivity index (χ1n) is 4.73. The molecule has 1 heterocycles. The van der Waals surface area contributed by atoms with E-state index in [1.54, 1.807) is 0 Å². The Bertz CT molecular complexity index is 173. The summed E-state index contributed by atoms with van der Waals surface area (Å²) >= 11 is 0. The molecule has 0 spiro atoms. The molecule has 0 aromatic heterocycles. The highest BCUT2D eigenvalue weighted by molar-refractivity contribution is 5.08. The Morgan fingerprint density at radius 1 is 1.42 bits per heavy atom. The smallest absolute Gasteiger partial charge is 0.102 e. The van der Waals surface area contributed by atoms with Gasteiger partial charge in [-0.2, -0.15) is 0 Å². The average Bonchev–Trinajstić information content (AvgIpc) is 2.46. The highest BCUT2D eigenvalue weighted by Gasteiger charge is 2.06. The molecule has 68 valence electrons. The SMILES string of the molecule is C=C1NC=CN1CCCCCC. The molecule has 0 aliphatic carbocycles. The second-order valence-corrected chi connectivity index (χ2v) is 3.16. The molecule has 0 amide bonds. The van der Waals surface area contributed by atoms with E-state index in [4.69, 9.17) is 0 Å². The van der Waals surface area contributed by atoms with Gasteiger partial charge in [-0.3, -0.25) is 0 Å². The van der Waals surface area contributed by atoms with Crippen LogP contribution in [0.1, 0.15) is 32.6 Å². The number of unbranched alkanes of at least 4 members (excludes halogenated alkanes) is 3. The largest absolute Gasteiger partial charge is 0.347 e. The number of nitrogens with zero attached hydrogens (tertiary/aromatic N) is 1. The first kappa shape index (κ1) is 9.17. The summed E-state index contributed by atoms with van der Waals surface area (Å²) in [6, 6.07) is 0. The fraction of sp³-hybridized carbons (Fsp3) is 0.600. The van der Waals surface area contributed by atoms with Crippen molar-refractivity contribution in [3.63, 3.8) is 0 Å². The summed E-state index contributed by atoms with van der Waals surface area (Å²) in [5, 5.41) is 3.06. The lowest BCUT2D eigenvalue weighted by molar-refractivity contribution is 0.443.